The van der Waals surface area contributed by atoms with Crippen molar-refractivity contribution >= 4 is 52.6 Å². The number of amides is 4. The lowest BCUT2D eigenvalue weighted by molar-refractivity contribution is -0.114. The van der Waals surface area contributed by atoms with Crippen molar-refractivity contribution < 1.29 is 28.7 Å². The first-order valence-corrected chi connectivity index (χ1v) is 20.8. The Kier molecular flexibility index (Phi) is 11.5. The van der Waals surface area contributed by atoms with Crippen molar-refractivity contribution in [3.8, 4) is 5.75 Å². The van der Waals surface area contributed by atoms with Crippen molar-refractivity contribution in [2.45, 2.75) is 79.7 Å². The number of hydrogen-bond donors (Lipinski definition) is 4. The quantitative estimate of drug-likeness (QED) is 0.157. The molecule has 1 fully saturated rings. The number of carbonyl (C=O) groups is 4. The number of anilines is 2. The van der Waals surface area contributed by atoms with Gasteiger partial charge in [-0.3, -0.25) is 44.1 Å². The van der Waals surface area contributed by atoms with Gasteiger partial charge in [-0.2, -0.15) is 10.2 Å². The molecule has 324 valence electrons. The van der Waals surface area contributed by atoms with Crippen molar-refractivity contribution in [1.29, 1.82) is 0 Å². The van der Waals surface area contributed by atoms with Gasteiger partial charge in [0.05, 0.1) is 34.3 Å². The number of nitrogens with one attached hydrogen (secondary N) is 2. The van der Waals surface area contributed by atoms with Crippen LogP contribution in [0.15, 0.2) is 53.8 Å². The van der Waals surface area contributed by atoms with E-state index in [1.807, 2.05) is 49.0 Å². The number of aryl methyl sites for hydroxylation is 4. The number of fused-ring (bicyclic) bond motifs is 1. The third-order valence-electron chi connectivity index (χ3n) is 11.4. The van der Waals surface area contributed by atoms with E-state index in [1.165, 1.54) is 0 Å². The van der Waals surface area contributed by atoms with E-state index in [9.17, 15) is 19.2 Å². The van der Waals surface area contributed by atoms with Gasteiger partial charge in [-0.15, -0.1) is 0 Å². The normalized spacial score (nSPS) is 18.6. The zero-order valence-corrected chi connectivity index (χ0v) is 35.5. The third-order valence-corrected chi connectivity index (χ3v) is 11.4. The van der Waals surface area contributed by atoms with Gasteiger partial charge in [-0.25, -0.2) is 9.97 Å². The van der Waals surface area contributed by atoms with Crippen molar-refractivity contribution in [2.75, 3.05) is 36.9 Å². The number of ether oxygens (including phenoxy) is 2. The van der Waals surface area contributed by atoms with Crippen molar-refractivity contribution in [3.63, 3.8) is 0 Å². The van der Waals surface area contributed by atoms with E-state index in [-0.39, 0.29) is 61.8 Å². The molecule has 4 amide bonds. The second-order valence-electron chi connectivity index (χ2n) is 15.9. The summed E-state index contributed by atoms with van der Waals surface area (Å²) in [7, 11) is 0. The minimum Gasteiger partial charge on any atom is -0.496 e. The smallest absolute Gasteiger partial charge is 0.276 e. The van der Waals surface area contributed by atoms with Crippen LogP contribution in [0.5, 0.6) is 5.75 Å². The minimum absolute atomic E-state index is 0.153. The Morgan fingerprint density at radius 3 is 2.03 bits per heavy atom. The van der Waals surface area contributed by atoms with Crippen LogP contribution < -0.4 is 26.8 Å². The summed E-state index contributed by atoms with van der Waals surface area (Å²) >= 11 is 0. The van der Waals surface area contributed by atoms with Crippen LogP contribution in [0.2, 0.25) is 0 Å². The highest BCUT2D eigenvalue weighted by molar-refractivity contribution is 6.05. The highest BCUT2D eigenvalue weighted by atomic mass is 16.5. The molecular formula is C43H51N13O6. The first-order chi connectivity index (χ1) is 29.8. The summed E-state index contributed by atoms with van der Waals surface area (Å²) < 4.78 is 20.2. The number of likely N-dealkylation sites (tertiary alicyclic amines) is 1. The van der Waals surface area contributed by atoms with Crippen LogP contribution in [0.4, 0.5) is 11.9 Å². The van der Waals surface area contributed by atoms with Gasteiger partial charge >= 0.3 is 0 Å². The molecule has 19 heteroatoms. The topological polar surface area (TPSA) is 237 Å². The average molecular weight is 846 g/mol. The number of allylic oxidation sites excluding steroid dienone is 3. The standard InChI is InChI=1S/C43H51N13O6/c1-6-55-34(14-25(4)50-55)40(59)48-42-46-31-17-27(38(44)57)16-30-20-33(31)53(42)11-8-9-12-54-37-32(47-43(54)49-41(60)35-15-26(5)51-56(35)7-2)18-28(39(45)58)19-36(37)62-23-29(22-61-30)52-13-10-24(3)21-52/h8-9,14-19,24,29H,6-7,10-13,20-23H2,1-5H3,(H2,44,57)(H2,45,58)(H,46,48,59)(H,47,49,60)/b9-8+. The maximum atomic E-state index is 13.9. The summed E-state index contributed by atoms with van der Waals surface area (Å²) in [4.78, 5) is 65.2. The first kappa shape index (κ1) is 41.7. The van der Waals surface area contributed by atoms with Gasteiger partial charge in [0, 0.05) is 50.3 Å². The van der Waals surface area contributed by atoms with Gasteiger partial charge in [-0.1, -0.05) is 19.1 Å². The van der Waals surface area contributed by atoms with E-state index >= 15 is 0 Å². The molecule has 2 aliphatic heterocycles. The van der Waals surface area contributed by atoms with Crippen molar-refractivity contribution in [2.24, 2.45) is 17.4 Å². The number of nitrogens with zero attached hydrogens (tertiary/aromatic N) is 9. The molecule has 6 heterocycles. The van der Waals surface area contributed by atoms with E-state index in [4.69, 9.17) is 30.9 Å². The molecule has 1 aromatic carbocycles. The van der Waals surface area contributed by atoms with Gasteiger partial charge in [0.15, 0.2) is 0 Å². The Hall–Kier alpha value is -7.02. The Balaban J connectivity index is 1.25. The number of carbonyl (C=O) groups excluding carboxylic acids is 4. The lowest BCUT2D eigenvalue weighted by Gasteiger charge is -2.28. The molecule has 0 saturated carbocycles. The number of imidazole rings is 2. The summed E-state index contributed by atoms with van der Waals surface area (Å²) in [6.07, 6.45) is 8.26. The molecule has 6 N–H and O–H groups in total. The number of rotatable bonds is 9. The summed E-state index contributed by atoms with van der Waals surface area (Å²) in [6, 6.07) is 6.33. The molecule has 2 atom stereocenters. The SMILES string of the molecule is CCn1nc(C)cc1C(=O)Nc1nc2c3n1C/C=C/Cn1c(NC(=O)c4cc(C)nn4CC)nc4cc(C(N)=O)cc(c41)OCC(N1CCC(C)C1)COC(=CC(C(N)=O)=C2)C3. The maximum Gasteiger partial charge on any atom is 0.276 e. The molecule has 3 aliphatic rings. The molecule has 62 heavy (non-hydrogen) atoms. The summed E-state index contributed by atoms with van der Waals surface area (Å²) in [6.45, 7) is 13.0. The number of nitrogens with two attached hydrogens (primary N) is 2. The number of primary amides is 2. The predicted molar refractivity (Wildman–Crippen MR) is 230 cm³/mol. The molecule has 5 aromatic rings. The molecule has 1 saturated heterocycles. The molecule has 2 unspecified atom stereocenters. The number of benzene rings is 1. The molecule has 4 aromatic heterocycles. The van der Waals surface area contributed by atoms with Crippen molar-refractivity contribution in [1.82, 2.24) is 43.6 Å². The van der Waals surface area contributed by atoms with Crippen LogP contribution >= 0.6 is 0 Å². The van der Waals surface area contributed by atoms with Crippen LogP contribution in [-0.2, 0) is 42.1 Å². The molecular weight excluding hydrogens is 795 g/mol. The summed E-state index contributed by atoms with van der Waals surface area (Å²) in [5.41, 5.74) is 16.3. The van der Waals surface area contributed by atoms with Gasteiger partial charge < -0.3 is 30.1 Å². The Morgan fingerprint density at radius 2 is 1.44 bits per heavy atom. The predicted octanol–water partition coefficient (Wildman–Crippen LogP) is 3.57. The Morgan fingerprint density at radius 1 is 0.806 bits per heavy atom. The highest BCUT2D eigenvalue weighted by Gasteiger charge is 2.30. The lowest BCUT2D eigenvalue weighted by Crippen LogP contribution is -2.41. The van der Waals surface area contributed by atoms with Crippen LogP contribution in [-0.4, -0.2) is 99.5 Å². The van der Waals surface area contributed by atoms with Gasteiger partial charge in [0.2, 0.25) is 23.7 Å². The minimum atomic E-state index is -0.666. The van der Waals surface area contributed by atoms with Crippen LogP contribution in [0.25, 0.3) is 17.1 Å². The van der Waals surface area contributed by atoms with Crippen LogP contribution in [0, 0.1) is 19.8 Å². The third kappa shape index (κ3) is 8.34. The van der Waals surface area contributed by atoms with Crippen LogP contribution in [0.1, 0.15) is 81.3 Å². The maximum absolute atomic E-state index is 13.9. The average Bonchev–Trinajstić information content (AvgIpc) is 4.05. The molecule has 19 nitrogen and oxygen atoms in total. The fourth-order valence-corrected chi connectivity index (χ4v) is 8.25. The Labute approximate surface area is 357 Å². The second-order valence-corrected chi connectivity index (χ2v) is 15.9. The largest absolute Gasteiger partial charge is 0.496 e. The zero-order chi connectivity index (χ0) is 43.8. The number of hydrogen-bond acceptors (Lipinski definition) is 11. The summed E-state index contributed by atoms with van der Waals surface area (Å²) in [5.74, 6) is -0.414. The molecule has 2 bridgehead atoms. The highest BCUT2D eigenvalue weighted by Crippen LogP contribution is 2.33. The van der Waals surface area contributed by atoms with E-state index in [2.05, 4.69) is 32.7 Å². The lowest BCUT2D eigenvalue weighted by atomic mass is 10.1. The van der Waals surface area contributed by atoms with E-state index < -0.39 is 23.6 Å². The molecule has 1 aliphatic carbocycles. The van der Waals surface area contributed by atoms with Crippen LogP contribution in [0.3, 0.4) is 0 Å². The zero-order valence-electron chi connectivity index (χ0n) is 35.5. The fourth-order valence-electron chi connectivity index (χ4n) is 8.25. The molecule has 0 radical (unpaired) electrons. The van der Waals surface area contributed by atoms with Gasteiger partial charge in [0.1, 0.15) is 41.6 Å². The molecule has 8 rings (SSSR count). The Bertz CT molecular complexity index is 2690. The fraction of sp³-hybridized carbons (Fsp3) is 0.395. The van der Waals surface area contributed by atoms with E-state index in [0.717, 1.165) is 19.5 Å². The van der Waals surface area contributed by atoms with Gasteiger partial charge in [0.25, 0.3) is 11.8 Å². The van der Waals surface area contributed by atoms with E-state index in [1.54, 1.807) is 45.8 Å². The van der Waals surface area contributed by atoms with Gasteiger partial charge in [-0.05, 0) is 83.0 Å². The monoisotopic (exact) mass is 845 g/mol. The first-order valence-electron chi connectivity index (χ1n) is 20.8. The second kappa shape index (κ2) is 17.2. The van der Waals surface area contributed by atoms with Crippen molar-refractivity contribution in [3.05, 3.63) is 93.6 Å². The molecule has 0 spiro atoms. The number of aromatic nitrogens is 8. The summed E-state index contributed by atoms with van der Waals surface area (Å²) in [5, 5.41) is 14.9. The van der Waals surface area contributed by atoms with E-state index in [0.29, 0.717) is 75.7 Å².